The fourth-order valence-electron chi connectivity index (χ4n) is 4.05. The van der Waals surface area contributed by atoms with E-state index in [9.17, 15) is 20.4 Å². The topological polar surface area (TPSA) is 90.2 Å². The van der Waals surface area contributed by atoms with Crippen LogP contribution in [0.3, 0.4) is 0 Å². The summed E-state index contributed by atoms with van der Waals surface area (Å²) in [7, 11) is 0. The van der Waals surface area contributed by atoms with Gasteiger partial charge >= 0.3 is 0 Å². The summed E-state index contributed by atoms with van der Waals surface area (Å²) in [5.74, 6) is 2.76. The first-order valence-corrected chi connectivity index (χ1v) is 11.3. The minimum Gasteiger partial charge on any atom is -0.395 e. The average molecular weight is 433 g/mol. The lowest BCUT2D eigenvalue weighted by molar-refractivity contribution is -0.147. The highest BCUT2D eigenvalue weighted by Crippen LogP contribution is 2.54. The highest BCUT2D eigenvalue weighted by Gasteiger charge is 2.57. The molecule has 1 aromatic carbocycles. The lowest BCUT2D eigenvalue weighted by Crippen LogP contribution is -2.58. The van der Waals surface area contributed by atoms with E-state index in [2.05, 4.69) is 25.0 Å². The molecule has 4 rings (SSSR count). The van der Waals surface area contributed by atoms with Crippen LogP contribution in [0.15, 0.2) is 24.3 Å². The van der Waals surface area contributed by atoms with Crippen LogP contribution < -0.4 is 0 Å². The maximum atomic E-state index is 10.8. The van der Waals surface area contributed by atoms with Crippen molar-refractivity contribution in [1.29, 1.82) is 0 Å². The van der Waals surface area contributed by atoms with E-state index in [-0.39, 0.29) is 13.2 Å². The average Bonchev–Trinajstić information content (AvgIpc) is 3.33. The van der Waals surface area contributed by atoms with Crippen molar-refractivity contribution in [3.8, 4) is 12.3 Å². The molecule has 1 saturated heterocycles. The number of hydrogen-bond acceptors (Lipinski definition) is 7. The number of ether oxygens (including phenoxy) is 1. The lowest BCUT2D eigenvalue weighted by Gasteiger charge is -2.45. The Kier molecular flexibility index (Phi) is 5.79. The highest BCUT2D eigenvalue weighted by molar-refractivity contribution is 8.00. The number of thioether (sulfide) groups is 1. The first-order chi connectivity index (χ1) is 13.9. The number of aryl methyl sites for hydroxylation is 1. The summed E-state index contributed by atoms with van der Waals surface area (Å²) in [6, 6.07) is 8.09. The molecule has 3 heterocycles. The normalized spacial score (nSPS) is 31.0. The SMILES string of the molecule is C#Cc1cc2c(cc1Cc1ccc(CC)s1)[C@]1(OC2)S[C@H](CO)[C@@H](O)[C@H](O)[C@H]1O. The van der Waals surface area contributed by atoms with Crippen LogP contribution in [-0.4, -0.2) is 50.6 Å². The van der Waals surface area contributed by atoms with E-state index >= 15 is 0 Å². The maximum Gasteiger partial charge on any atom is 0.168 e. The van der Waals surface area contributed by atoms with Crippen molar-refractivity contribution in [2.45, 2.75) is 54.9 Å². The van der Waals surface area contributed by atoms with Crippen LogP contribution in [0.25, 0.3) is 0 Å². The Hall–Kier alpha value is -1.37. The molecule has 2 aliphatic rings. The molecule has 0 radical (unpaired) electrons. The summed E-state index contributed by atoms with van der Waals surface area (Å²) in [5.41, 5.74) is 3.34. The minimum absolute atomic E-state index is 0.244. The standard InChI is InChI=1S/C22H24O5S2/c1-3-12-7-14-11-27-22(21(26)20(25)19(24)18(10-23)29-22)17(14)9-13(12)8-16-6-5-15(4-2)28-16/h1,5-7,9,18-21,23-26H,4,8,10-11H2,2H3/t18-,19-,20+,21-,22+/m1/s1. The summed E-state index contributed by atoms with van der Waals surface area (Å²) < 4.78 is 6.01. The second kappa shape index (κ2) is 8.05. The summed E-state index contributed by atoms with van der Waals surface area (Å²) in [6.45, 7) is 2.03. The number of benzene rings is 1. The number of terminal acetylenes is 1. The van der Waals surface area contributed by atoms with Crippen molar-refractivity contribution < 1.29 is 25.2 Å². The van der Waals surface area contributed by atoms with Crippen molar-refractivity contribution in [2.24, 2.45) is 0 Å². The molecule has 154 valence electrons. The Morgan fingerprint density at radius 3 is 2.62 bits per heavy atom. The predicted molar refractivity (Wildman–Crippen MR) is 114 cm³/mol. The quantitative estimate of drug-likeness (QED) is 0.551. The zero-order valence-corrected chi connectivity index (χ0v) is 17.7. The van der Waals surface area contributed by atoms with Crippen LogP contribution in [0.2, 0.25) is 0 Å². The van der Waals surface area contributed by atoms with Crippen LogP contribution in [-0.2, 0) is 29.1 Å². The van der Waals surface area contributed by atoms with Crippen molar-refractivity contribution in [2.75, 3.05) is 6.61 Å². The Balaban J connectivity index is 1.76. The molecule has 7 heteroatoms. The fraction of sp³-hybridized carbons (Fsp3) is 0.455. The first-order valence-electron chi connectivity index (χ1n) is 9.60. The molecule has 0 aliphatic carbocycles. The van der Waals surface area contributed by atoms with Crippen LogP contribution in [0.4, 0.5) is 0 Å². The van der Waals surface area contributed by atoms with Crippen molar-refractivity contribution in [1.82, 2.24) is 0 Å². The van der Waals surface area contributed by atoms with Gasteiger partial charge < -0.3 is 25.2 Å². The van der Waals surface area contributed by atoms with Gasteiger partial charge in [0.25, 0.3) is 0 Å². The monoisotopic (exact) mass is 432 g/mol. The summed E-state index contributed by atoms with van der Waals surface area (Å²) >= 11 is 2.91. The van der Waals surface area contributed by atoms with Crippen LogP contribution in [0, 0.1) is 12.3 Å². The van der Waals surface area contributed by atoms with E-state index in [1.165, 1.54) is 9.75 Å². The van der Waals surface area contributed by atoms with Gasteiger partial charge in [-0.1, -0.05) is 12.8 Å². The number of aliphatic hydroxyl groups is 4. The van der Waals surface area contributed by atoms with Gasteiger partial charge in [0.2, 0.25) is 0 Å². The van der Waals surface area contributed by atoms with E-state index < -0.39 is 28.5 Å². The van der Waals surface area contributed by atoms with Gasteiger partial charge in [0.15, 0.2) is 4.93 Å². The smallest absolute Gasteiger partial charge is 0.168 e. The van der Waals surface area contributed by atoms with Gasteiger partial charge in [0, 0.05) is 27.3 Å². The van der Waals surface area contributed by atoms with Crippen molar-refractivity contribution in [3.05, 3.63) is 56.3 Å². The van der Waals surface area contributed by atoms with E-state index in [1.54, 1.807) is 11.3 Å². The molecule has 0 bridgehead atoms. The molecule has 1 fully saturated rings. The fourth-order valence-corrected chi connectivity index (χ4v) is 6.58. The van der Waals surface area contributed by atoms with E-state index in [0.717, 1.165) is 40.4 Å². The predicted octanol–water partition coefficient (Wildman–Crippen LogP) is 1.76. The number of aliphatic hydroxyl groups excluding tert-OH is 4. The molecule has 29 heavy (non-hydrogen) atoms. The van der Waals surface area contributed by atoms with Gasteiger partial charge in [-0.2, -0.15) is 0 Å². The van der Waals surface area contributed by atoms with Crippen LogP contribution in [0.5, 0.6) is 0 Å². The molecule has 2 aliphatic heterocycles. The summed E-state index contributed by atoms with van der Waals surface area (Å²) in [6.07, 6.45) is 3.44. The van der Waals surface area contributed by atoms with Gasteiger partial charge in [-0.05, 0) is 41.8 Å². The highest BCUT2D eigenvalue weighted by atomic mass is 32.2. The van der Waals surface area contributed by atoms with Gasteiger partial charge in [-0.3, -0.25) is 0 Å². The Labute approximate surface area is 178 Å². The van der Waals surface area contributed by atoms with Crippen molar-refractivity contribution >= 4 is 23.1 Å². The zero-order valence-electron chi connectivity index (χ0n) is 16.0. The second-order valence-electron chi connectivity index (χ2n) is 7.43. The summed E-state index contributed by atoms with van der Waals surface area (Å²) in [5, 5.41) is 40.4. The molecule has 2 aromatic rings. The molecule has 4 N–H and O–H groups in total. The van der Waals surface area contributed by atoms with Gasteiger partial charge in [0.05, 0.1) is 24.6 Å². The van der Waals surface area contributed by atoms with Gasteiger partial charge in [-0.25, -0.2) is 0 Å². The van der Waals surface area contributed by atoms with E-state index in [0.29, 0.717) is 6.42 Å². The summed E-state index contributed by atoms with van der Waals surface area (Å²) in [4.78, 5) is 1.27. The molecular formula is C22H24O5S2. The Morgan fingerprint density at radius 2 is 1.97 bits per heavy atom. The third-order valence-corrected chi connectivity index (χ3v) is 8.57. The number of thiophene rings is 1. The van der Waals surface area contributed by atoms with Crippen LogP contribution >= 0.6 is 23.1 Å². The lowest BCUT2D eigenvalue weighted by atomic mass is 9.90. The van der Waals surface area contributed by atoms with Gasteiger partial charge in [-0.15, -0.1) is 29.5 Å². The maximum absolute atomic E-state index is 10.8. The minimum atomic E-state index is -1.42. The number of rotatable bonds is 4. The number of fused-ring (bicyclic) bond motifs is 2. The molecule has 1 aromatic heterocycles. The molecular weight excluding hydrogens is 408 g/mol. The molecule has 5 atom stereocenters. The number of hydrogen-bond donors (Lipinski definition) is 4. The second-order valence-corrected chi connectivity index (χ2v) is 10.1. The molecule has 0 unspecified atom stereocenters. The molecule has 0 amide bonds. The van der Waals surface area contributed by atoms with Gasteiger partial charge in [0.1, 0.15) is 12.2 Å². The van der Waals surface area contributed by atoms with Crippen LogP contribution in [0.1, 0.15) is 38.9 Å². The zero-order chi connectivity index (χ0) is 20.8. The third kappa shape index (κ3) is 3.43. The Bertz CT molecular complexity index is 947. The molecule has 1 spiro atoms. The first kappa shape index (κ1) is 20.9. The Morgan fingerprint density at radius 1 is 1.21 bits per heavy atom. The third-order valence-electron chi connectivity index (χ3n) is 5.68. The van der Waals surface area contributed by atoms with E-state index in [1.807, 2.05) is 12.1 Å². The largest absolute Gasteiger partial charge is 0.395 e. The van der Waals surface area contributed by atoms with E-state index in [4.69, 9.17) is 11.2 Å². The molecule has 5 nitrogen and oxygen atoms in total. The van der Waals surface area contributed by atoms with Crippen molar-refractivity contribution in [3.63, 3.8) is 0 Å². The molecule has 0 saturated carbocycles.